The molecule has 0 aliphatic carbocycles. The molecule has 0 aromatic heterocycles. The summed E-state index contributed by atoms with van der Waals surface area (Å²) in [5.41, 5.74) is 8.44. The van der Waals surface area contributed by atoms with Gasteiger partial charge in [-0.25, -0.2) is 4.39 Å². The fourth-order valence-electron chi connectivity index (χ4n) is 3.16. The molecule has 24 heavy (non-hydrogen) atoms. The van der Waals surface area contributed by atoms with Crippen molar-refractivity contribution in [3.63, 3.8) is 0 Å². The van der Waals surface area contributed by atoms with Crippen molar-refractivity contribution in [1.29, 1.82) is 5.26 Å². The second-order valence-corrected chi connectivity index (χ2v) is 5.62. The first kappa shape index (κ1) is 14.3. The lowest BCUT2D eigenvalue weighted by Crippen LogP contribution is -2.26. The summed E-state index contributed by atoms with van der Waals surface area (Å²) in [6, 6.07) is 15.7. The highest BCUT2D eigenvalue weighted by Crippen LogP contribution is 2.46. The quantitative estimate of drug-likeness (QED) is 0.874. The number of para-hydroxylation sites is 1. The van der Waals surface area contributed by atoms with Crippen molar-refractivity contribution in [3.8, 4) is 11.8 Å². The van der Waals surface area contributed by atoms with Gasteiger partial charge in [0, 0.05) is 5.57 Å². The molecule has 0 bridgehead atoms. The lowest BCUT2D eigenvalue weighted by molar-refractivity contribution is 0.294. The van der Waals surface area contributed by atoms with Crippen LogP contribution in [0.25, 0.3) is 5.76 Å². The Kier molecular flexibility index (Phi) is 3.24. The van der Waals surface area contributed by atoms with Crippen molar-refractivity contribution in [3.05, 3.63) is 82.5 Å². The minimum absolute atomic E-state index is 0.0437. The van der Waals surface area contributed by atoms with Crippen LogP contribution < -0.4 is 10.5 Å². The maximum absolute atomic E-state index is 13.7. The summed E-state index contributed by atoms with van der Waals surface area (Å²) >= 11 is 0. The summed E-state index contributed by atoms with van der Waals surface area (Å²) < 4.78 is 25.2. The summed E-state index contributed by atoms with van der Waals surface area (Å²) in [5.74, 6) is 0.476. The number of hydrogen-bond acceptors (Lipinski definition) is 4. The van der Waals surface area contributed by atoms with Gasteiger partial charge in [-0.2, -0.15) is 5.26 Å². The SMILES string of the molecule is N#CC1=C(N)OC2=C(COc3ccccc32)[C@@H]1c1cccc(F)c1. The monoisotopic (exact) mass is 320 g/mol. The molecule has 2 aliphatic heterocycles. The van der Waals surface area contributed by atoms with E-state index in [9.17, 15) is 9.65 Å². The molecule has 118 valence electrons. The zero-order valence-corrected chi connectivity index (χ0v) is 12.6. The normalized spacial score (nSPS) is 18.9. The average molecular weight is 320 g/mol. The molecule has 0 amide bonds. The lowest BCUT2D eigenvalue weighted by atomic mass is 9.81. The van der Waals surface area contributed by atoms with Crippen LogP contribution in [-0.2, 0) is 4.74 Å². The first-order valence-corrected chi connectivity index (χ1v) is 7.47. The number of ether oxygens (including phenoxy) is 2. The smallest absolute Gasteiger partial charge is 0.205 e. The minimum atomic E-state index is -0.484. The Morgan fingerprint density at radius 3 is 2.79 bits per heavy atom. The van der Waals surface area contributed by atoms with Crippen molar-refractivity contribution in [2.45, 2.75) is 5.92 Å². The van der Waals surface area contributed by atoms with Gasteiger partial charge in [0.15, 0.2) is 0 Å². The molecule has 4 nitrogen and oxygen atoms in total. The fourth-order valence-corrected chi connectivity index (χ4v) is 3.16. The molecule has 0 radical (unpaired) electrons. The van der Waals surface area contributed by atoms with Crippen LogP contribution in [0.1, 0.15) is 17.0 Å². The summed E-state index contributed by atoms with van der Waals surface area (Å²) in [6.07, 6.45) is 0. The van der Waals surface area contributed by atoms with E-state index in [1.165, 1.54) is 12.1 Å². The van der Waals surface area contributed by atoms with Crippen LogP contribution in [0.15, 0.2) is 65.6 Å². The summed E-state index contributed by atoms with van der Waals surface area (Å²) in [5, 5.41) is 9.52. The molecular formula is C19H13FN2O2. The van der Waals surface area contributed by atoms with Crippen LogP contribution in [0.4, 0.5) is 4.39 Å². The van der Waals surface area contributed by atoms with Gasteiger partial charge in [-0.3, -0.25) is 0 Å². The standard InChI is InChI=1S/C19H13FN2O2/c20-12-5-3-4-11(8-12)17-14(9-21)19(22)24-18-13-6-1-2-7-16(13)23-10-15(17)18/h1-8,17H,10,22H2/t17-/m1/s1. The Hall–Kier alpha value is -3.26. The predicted octanol–water partition coefficient (Wildman–Crippen LogP) is 3.44. The van der Waals surface area contributed by atoms with E-state index in [2.05, 4.69) is 6.07 Å². The van der Waals surface area contributed by atoms with Crippen LogP contribution in [0.2, 0.25) is 0 Å². The summed E-state index contributed by atoms with van der Waals surface area (Å²) in [4.78, 5) is 0. The van der Waals surface area contributed by atoms with Crippen molar-refractivity contribution in [2.75, 3.05) is 6.61 Å². The second kappa shape index (κ2) is 5.43. The number of benzene rings is 2. The molecule has 2 aromatic carbocycles. The Bertz CT molecular complexity index is 940. The van der Waals surface area contributed by atoms with Gasteiger partial charge in [0.25, 0.3) is 0 Å². The van der Waals surface area contributed by atoms with Crippen molar-refractivity contribution in [2.24, 2.45) is 5.73 Å². The summed E-state index contributed by atoms with van der Waals surface area (Å²) in [7, 11) is 0. The number of hydrogen-bond donors (Lipinski definition) is 1. The molecule has 4 rings (SSSR count). The van der Waals surface area contributed by atoms with Crippen LogP contribution in [0.5, 0.6) is 5.75 Å². The number of halogens is 1. The van der Waals surface area contributed by atoms with Crippen molar-refractivity contribution >= 4 is 5.76 Å². The van der Waals surface area contributed by atoms with Gasteiger partial charge in [0.05, 0.1) is 11.5 Å². The van der Waals surface area contributed by atoms with E-state index in [4.69, 9.17) is 15.2 Å². The molecule has 2 heterocycles. The number of fused-ring (bicyclic) bond motifs is 2. The zero-order valence-electron chi connectivity index (χ0n) is 12.6. The summed E-state index contributed by atoms with van der Waals surface area (Å²) in [6.45, 7) is 0.256. The Morgan fingerprint density at radius 2 is 2.00 bits per heavy atom. The number of nitrogens with zero attached hydrogens (tertiary/aromatic N) is 1. The molecule has 5 heteroatoms. The van der Waals surface area contributed by atoms with Crippen LogP contribution in [0, 0.1) is 17.1 Å². The second-order valence-electron chi connectivity index (χ2n) is 5.62. The maximum Gasteiger partial charge on any atom is 0.205 e. The van der Waals surface area contributed by atoms with Crippen LogP contribution >= 0.6 is 0 Å². The molecule has 0 saturated carbocycles. The third-order valence-electron chi connectivity index (χ3n) is 4.22. The van der Waals surface area contributed by atoms with Crippen LogP contribution in [-0.4, -0.2) is 6.61 Å². The maximum atomic E-state index is 13.7. The molecule has 0 unspecified atom stereocenters. The van der Waals surface area contributed by atoms with Gasteiger partial charge in [-0.05, 0) is 29.8 Å². The van der Waals surface area contributed by atoms with Gasteiger partial charge in [0.2, 0.25) is 5.88 Å². The van der Waals surface area contributed by atoms with E-state index < -0.39 is 5.92 Å². The average Bonchev–Trinajstić information content (AvgIpc) is 2.60. The van der Waals surface area contributed by atoms with Gasteiger partial charge in [-0.15, -0.1) is 0 Å². The van der Waals surface area contributed by atoms with Crippen LogP contribution in [0.3, 0.4) is 0 Å². The number of rotatable bonds is 1. The van der Waals surface area contributed by atoms with E-state index >= 15 is 0 Å². The van der Waals surface area contributed by atoms with Crippen molar-refractivity contribution < 1.29 is 13.9 Å². The predicted molar refractivity (Wildman–Crippen MR) is 85.9 cm³/mol. The van der Waals surface area contributed by atoms with Gasteiger partial charge in [-0.1, -0.05) is 24.3 Å². The highest BCUT2D eigenvalue weighted by molar-refractivity contribution is 5.75. The minimum Gasteiger partial charge on any atom is -0.488 e. The molecule has 2 aromatic rings. The van der Waals surface area contributed by atoms with E-state index in [0.717, 1.165) is 11.1 Å². The number of nitriles is 1. The zero-order chi connectivity index (χ0) is 16.7. The number of allylic oxidation sites excluding steroid dienone is 1. The molecule has 0 fully saturated rings. The van der Waals surface area contributed by atoms with Gasteiger partial charge >= 0.3 is 0 Å². The molecule has 0 saturated heterocycles. The van der Waals surface area contributed by atoms with Crippen molar-refractivity contribution in [1.82, 2.24) is 0 Å². The first-order valence-electron chi connectivity index (χ1n) is 7.47. The topological polar surface area (TPSA) is 68.3 Å². The van der Waals surface area contributed by atoms with Gasteiger partial charge < -0.3 is 15.2 Å². The highest BCUT2D eigenvalue weighted by atomic mass is 19.1. The van der Waals surface area contributed by atoms with E-state index in [1.807, 2.05) is 24.3 Å². The Labute approximate surface area is 138 Å². The molecular weight excluding hydrogens is 307 g/mol. The third-order valence-corrected chi connectivity index (χ3v) is 4.22. The molecule has 0 spiro atoms. The van der Waals surface area contributed by atoms with E-state index in [-0.39, 0.29) is 23.9 Å². The molecule has 2 N–H and O–H groups in total. The van der Waals surface area contributed by atoms with Gasteiger partial charge in [0.1, 0.15) is 35.6 Å². The first-order chi connectivity index (χ1) is 11.7. The fraction of sp³-hybridized carbons (Fsp3) is 0.105. The Morgan fingerprint density at radius 1 is 1.17 bits per heavy atom. The number of nitrogens with two attached hydrogens (primary N) is 1. The highest BCUT2D eigenvalue weighted by Gasteiger charge is 2.36. The lowest BCUT2D eigenvalue weighted by Gasteiger charge is -2.32. The van der Waals surface area contributed by atoms with E-state index in [1.54, 1.807) is 12.1 Å². The molecule has 2 aliphatic rings. The largest absolute Gasteiger partial charge is 0.488 e. The Balaban J connectivity index is 1.93. The molecule has 1 atom stereocenters. The van der Waals surface area contributed by atoms with E-state index in [0.29, 0.717) is 17.1 Å². The third kappa shape index (κ3) is 2.12.